The van der Waals surface area contributed by atoms with E-state index in [9.17, 15) is 14.4 Å². The van der Waals surface area contributed by atoms with Gasteiger partial charge in [-0.1, -0.05) is 18.5 Å². The molecule has 0 bridgehead atoms. The van der Waals surface area contributed by atoms with E-state index < -0.39 is 12.0 Å². The van der Waals surface area contributed by atoms with Gasteiger partial charge in [-0.05, 0) is 74.3 Å². The van der Waals surface area contributed by atoms with Crippen molar-refractivity contribution in [2.75, 3.05) is 18.6 Å². The third kappa shape index (κ3) is 7.13. The van der Waals surface area contributed by atoms with Crippen molar-refractivity contribution in [3.05, 3.63) is 34.9 Å². The lowest BCUT2D eigenvalue weighted by atomic mass is 9.82. The zero-order valence-corrected chi connectivity index (χ0v) is 18.0. The second-order valence-corrected chi connectivity index (χ2v) is 8.76. The summed E-state index contributed by atoms with van der Waals surface area (Å²) in [6.45, 7) is 1.84. The molecule has 0 aromatic heterocycles. The van der Waals surface area contributed by atoms with Gasteiger partial charge in [0.25, 0.3) is 0 Å². The Bertz CT molecular complexity index is 671. The first-order valence-electron chi connectivity index (χ1n) is 9.65. The molecule has 0 heterocycles. The Morgan fingerprint density at radius 2 is 1.82 bits per heavy atom. The van der Waals surface area contributed by atoms with Gasteiger partial charge in [-0.15, -0.1) is 0 Å². The molecule has 0 aliphatic heterocycles. The molecule has 28 heavy (non-hydrogen) atoms. The molecule has 1 atom stereocenters. The predicted molar refractivity (Wildman–Crippen MR) is 113 cm³/mol. The van der Waals surface area contributed by atoms with Gasteiger partial charge in [0.1, 0.15) is 6.04 Å². The highest BCUT2D eigenvalue weighted by atomic mass is 35.5. The molecule has 0 saturated heterocycles. The van der Waals surface area contributed by atoms with E-state index in [2.05, 4.69) is 12.2 Å². The second kappa shape index (κ2) is 11.5. The number of benzene rings is 1. The first-order chi connectivity index (χ1) is 13.4. The first kappa shape index (κ1) is 22.8. The number of carbonyl (C=O) groups excluding carboxylic acids is 3. The van der Waals surface area contributed by atoms with Crippen molar-refractivity contribution in [2.45, 2.75) is 45.1 Å². The third-order valence-corrected chi connectivity index (χ3v) is 6.01. The summed E-state index contributed by atoms with van der Waals surface area (Å²) in [5, 5.41) is 3.38. The van der Waals surface area contributed by atoms with Crippen LogP contribution in [0.2, 0.25) is 5.02 Å². The minimum absolute atomic E-state index is 0.0449. The van der Waals surface area contributed by atoms with Crippen molar-refractivity contribution in [2.24, 2.45) is 11.8 Å². The Kier molecular flexibility index (Phi) is 9.32. The van der Waals surface area contributed by atoms with Gasteiger partial charge in [0.15, 0.2) is 12.4 Å². The lowest BCUT2D eigenvalue weighted by molar-refractivity contribution is -0.147. The summed E-state index contributed by atoms with van der Waals surface area (Å²) in [5.74, 6) is 0.373. The summed E-state index contributed by atoms with van der Waals surface area (Å²) in [6, 6.07) is 5.69. The molecule has 1 amide bonds. The Labute approximate surface area is 175 Å². The molecule has 1 aliphatic carbocycles. The number of nitrogens with one attached hydrogen (secondary N) is 1. The lowest BCUT2D eigenvalue weighted by Gasteiger charge is -2.27. The summed E-state index contributed by atoms with van der Waals surface area (Å²) >= 11 is 7.41. The molecule has 1 aromatic rings. The van der Waals surface area contributed by atoms with E-state index in [-0.39, 0.29) is 24.2 Å². The maximum Gasteiger partial charge on any atom is 0.329 e. The first-order valence-corrected chi connectivity index (χ1v) is 11.4. The summed E-state index contributed by atoms with van der Waals surface area (Å²) in [6.07, 6.45) is 6.20. The van der Waals surface area contributed by atoms with Gasteiger partial charge in [0.2, 0.25) is 5.91 Å². The van der Waals surface area contributed by atoms with Gasteiger partial charge in [0.05, 0.1) is 0 Å². The molecule has 5 nitrogen and oxygen atoms in total. The monoisotopic (exact) mass is 425 g/mol. The summed E-state index contributed by atoms with van der Waals surface area (Å²) < 4.78 is 5.21. The number of ketones is 1. The maximum atomic E-state index is 12.6. The minimum atomic E-state index is -0.725. The molecule has 154 valence electrons. The summed E-state index contributed by atoms with van der Waals surface area (Å²) in [5.41, 5.74) is 0.429. The number of hydrogen-bond acceptors (Lipinski definition) is 5. The predicted octanol–water partition coefficient (Wildman–Crippen LogP) is 4.13. The number of Topliss-reactive ketones (excluding diaryl/α,β-unsaturated/α-hetero) is 1. The molecule has 0 unspecified atom stereocenters. The Hall–Kier alpha value is -1.53. The molecule has 1 aliphatic rings. The van der Waals surface area contributed by atoms with Crippen molar-refractivity contribution >= 4 is 41.0 Å². The van der Waals surface area contributed by atoms with Gasteiger partial charge in [-0.3, -0.25) is 9.59 Å². The quantitative estimate of drug-likeness (QED) is 0.475. The van der Waals surface area contributed by atoms with Gasteiger partial charge in [0, 0.05) is 16.5 Å². The highest BCUT2D eigenvalue weighted by Crippen LogP contribution is 2.28. The molecule has 0 spiro atoms. The van der Waals surface area contributed by atoms with Gasteiger partial charge < -0.3 is 10.1 Å². The van der Waals surface area contributed by atoms with Gasteiger partial charge in [-0.25, -0.2) is 4.79 Å². The molecule has 1 N–H and O–H groups in total. The molecule has 2 rings (SSSR count). The van der Waals surface area contributed by atoms with Gasteiger partial charge >= 0.3 is 5.97 Å². The standard InChI is InChI=1S/C21H28ClNO4S/c1-14-3-5-16(6-4-14)20(25)23-18(11-12-28-2)21(26)27-13-19(24)15-7-9-17(22)10-8-15/h7-10,14,16,18H,3-6,11-13H2,1-2H3,(H,23,25)/t14?,16?,18-/m0/s1. The Morgan fingerprint density at radius 3 is 2.43 bits per heavy atom. The van der Waals surface area contributed by atoms with E-state index in [1.54, 1.807) is 36.0 Å². The van der Waals surface area contributed by atoms with Crippen LogP contribution in [0.25, 0.3) is 0 Å². The number of thioether (sulfide) groups is 1. The van der Waals surface area contributed by atoms with Gasteiger partial charge in [-0.2, -0.15) is 11.8 Å². The largest absolute Gasteiger partial charge is 0.456 e. The molecular weight excluding hydrogens is 398 g/mol. The fraction of sp³-hybridized carbons (Fsp3) is 0.571. The van der Waals surface area contributed by atoms with Crippen LogP contribution in [0.1, 0.15) is 49.4 Å². The van der Waals surface area contributed by atoms with E-state index in [1.165, 1.54) is 0 Å². The van der Waals surface area contributed by atoms with Crippen LogP contribution >= 0.6 is 23.4 Å². The van der Waals surface area contributed by atoms with E-state index in [0.29, 0.717) is 28.7 Å². The summed E-state index contributed by atoms with van der Waals surface area (Å²) in [7, 11) is 0. The fourth-order valence-corrected chi connectivity index (χ4v) is 3.85. The average molecular weight is 426 g/mol. The normalized spacial score (nSPS) is 20.2. The Morgan fingerprint density at radius 1 is 1.18 bits per heavy atom. The smallest absolute Gasteiger partial charge is 0.329 e. The number of halogens is 1. The minimum Gasteiger partial charge on any atom is -0.456 e. The number of esters is 1. The second-order valence-electron chi connectivity index (χ2n) is 7.34. The highest BCUT2D eigenvalue weighted by Gasteiger charge is 2.29. The maximum absolute atomic E-state index is 12.6. The zero-order chi connectivity index (χ0) is 20.5. The van der Waals surface area contributed by atoms with E-state index in [1.807, 2.05) is 6.26 Å². The van der Waals surface area contributed by atoms with Crippen LogP contribution in [-0.2, 0) is 14.3 Å². The molecule has 0 radical (unpaired) electrons. The van der Waals surface area contributed by atoms with Crippen molar-refractivity contribution in [3.63, 3.8) is 0 Å². The van der Waals surface area contributed by atoms with Crippen LogP contribution in [0.15, 0.2) is 24.3 Å². The zero-order valence-electron chi connectivity index (χ0n) is 16.4. The van der Waals surface area contributed by atoms with Crippen molar-refractivity contribution in [1.82, 2.24) is 5.32 Å². The molecule has 1 fully saturated rings. The average Bonchev–Trinajstić information content (AvgIpc) is 2.69. The molecule has 1 aromatic carbocycles. The van der Waals surface area contributed by atoms with E-state index >= 15 is 0 Å². The number of hydrogen-bond donors (Lipinski definition) is 1. The SMILES string of the molecule is CSCC[C@H](NC(=O)C1CCC(C)CC1)C(=O)OCC(=O)c1ccc(Cl)cc1. The Balaban J connectivity index is 1.89. The van der Waals surface area contributed by atoms with Crippen LogP contribution < -0.4 is 5.32 Å². The summed E-state index contributed by atoms with van der Waals surface area (Å²) in [4.78, 5) is 37.2. The molecular formula is C21H28ClNO4S. The highest BCUT2D eigenvalue weighted by molar-refractivity contribution is 7.98. The van der Waals surface area contributed by atoms with Crippen LogP contribution in [0.4, 0.5) is 0 Å². The van der Waals surface area contributed by atoms with Crippen molar-refractivity contribution in [3.8, 4) is 0 Å². The third-order valence-electron chi connectivity index (χ3n) is 5.11. The number of amides is 1. The van der Waals surface area contributed by atoms with Crippen LogP contribution in [0.5, 0.6) is 0 Å². The topological polar surface area (TPSA) is 72.5 Å². The fourth-order valence-electron chi connectivity index (χ4n) is 3.25. The molecule has 1 saturated carbocycles. The van der Waals surface area contributed by atoms with Crippen LogP contribution in [0, 0.1) is 11.8 Å². The number of rotatable bonds is 9. The van der Waals surface area contributed by atoms with Crippen LogP contribution in [-0.4, -0.2) is 42.3 Å². The number of ether oxygens (including phenoxy) is 1. The van der Waals surface area contributed by atoms with Crippen molar-refractivity contribution in [1.29, 1.82) is 0 Å². The van der Waals surface area contributed by atoms with E-state index in [0.717, 1.165) is 25.7 Å². The lowest BCUT2D eigenvalue weighted by Crippen LogP contribution is -2.45. The van der Waals surface area contributed by atoms with Crippen LogP contribution in [0.3, 0.4) is 0 Å². The molecule has 7 heteroatoms. The van der Waals surface area contributed by atoms with Crippen molar-refractivity contribution < 1.29 is 19.1 Å². The number of carbonyl (C=O) groups is 3. The van der Waals surface area contributed by atoms with E-state index in [4.69, 9.17) is 16.3 Å².